The first-order valence-corrected chi connectivity index (χ1v) is 9.44. The Balaban J connectivity index is 1.87. The highest BCUT2D eigenvalue weighted by molar-refractivity contribution is 7.10. The number of nitrogens with zero attached hydrogens (tertiary/aromatic N) is 1. The van der Waals surface area contributed by atoms with Crippen molar-refractivity contribution in [1.29, 1.82) is 0 Å². The van der Waals surface area contributed by atoms with Gasteiger partial charge < -0.3 is 9.72 Å². The number of esters is 1. The number of ketones is 1. The molecule has 0 unspecified atom stereocenters. The molecule has 0 aromatic carbocycles. The van der Waals surface area contributed by atoms with E-state index in [0.717, 1.165) is 19.4 Å². The molecule has 1 saturated heterocycles. The van der Waals surface area contributed by atoms with Gasteiger partial charge in [-0.25, -0.2) is 4.79 Å². The highest BCUT2D eigenvalue weighted by Gasteiger charge is 2.35. The Morgan fingerprint density at radius 1 is 1.40 bits per heavy atom. The van der Waals surface area contributed by atoms with Gasteiger partial charge in [0.1, 0.15) is 0 Å². The van der Waals surface area contributed by atoms with Crippen LogP contribution in [0.1, 0.15) is 62.8 Å². The number of methoxy groups -OCH3 is 1. The molecular formula is C19H24N2O3S. The van der Waals surface area contributed by atoms with Gasteiger partial charge in [0.2, 0.25) is 0 Å². The molecule has 134 valence electrons. The summed E-state index contributed by atoms with van der Waals surface area (Å²) in [6, 6.07) is 4.26. The Labute approximate surface area is 152 Å². The van der Waals surface area contributed by atoms with E-state index in [1.807, 2.05) is 6.92 Å². The van der Waals surface area contributed by atoms with E-state index in [0.29, 0.717) is 28.6 Å². The van der Waals surface area contributed by atoms with Crippen LogP contribution in [0, 0.1) is 13.8 Å². The summed E-state index contributed by atoms with van der Waals surface area (Å²) < 4.78 is 4.84. The summed E-state index contributed by atoms with van der Waals surface area (Å²) in [5, 5.41) is 2.08. The molecule has 2 aromatic heterocycles. The van der Waals surface area contributed by atoms with Crippen molar-refractivity contribution in [2.24, 2.45) is 0 Å². The minimum atomic E-state index is -0.407. The van der Waals surface area contributed by atoms with Gasteiger partial charge in [-0.1, -0.05) is 6.07 Å². The Bertz CT molecular complexity index is 779. The molecular weight excluding hydrogens is 336 g/mol. The molecule has 25 heavy (non-hydrogen) atoms. The van der Waals surface area contributed by atoms with E-state index in [4.69, 9.17) is 4.74 Å². The highest BCUT2D eigenvalue weighted by atomic mass is 32.1. The molecule has 0 amide bonds. The predicted molar refractivity (Wildman–Crippen MR) is 98.4 cm³/mol. The van der Waals surface area contributed by atoms with Crippen molar-refractivity contribution in [3.8, 4) is 0 Å². The van der Waals surface area contributed by atoms with Crippen molar-refractivity contribution in [2.75, 3.05) is 13.7 Å². The maximum absolute atomic E-state index is 13.1. The number of hydrogen-bond acceptors (Lipinski definition) is 5. The number of likely N-dealkylation sites (tertiary alicyclic amines) is 1. The third kappa shape index (κ3) is 3.16. The van der Waals surface area contributed by atoms with Crippen LogP contribution < -0.4 is 0 Å². The number of H-pyrrole nitrogens is 1. The Morgan fingerprint density at radius 2 is 2.16 bits per heavy atom. The van der Waals surface area contributed by atoms with Crippen molar-refractivity contribution < 1.29 is 14.3 Å². The number of aromatic amines is 1. The lowest BCUT2D eigenvalue weighted by molar-refractivity contribution is 0.0599. The van der Waals surface area contributed by atoms with Crippen LogP contribution in [0.5, 0.6) is 0 Å². The third-order valence-corrected chi connectivity index (χ3v) is 6.09. The molecule has 6 heteroatoms. The highest BCUT2D eigenvalue weighted by Crippen LogP contribution is 2.36. The van der Waals surface area contributed by atoms with Crippen LogP contribution in [0.2, 0.25) is 0 Å². The topological polar surface area (TPSA) is 62.4 Å². The van der Waals surface area contributed by atoms with Crippen molar-refractivity contribution in [3.05, 3.63) is 44.9 Å². The average Bonchev–Trinajstić information content (AvgIpc) is 3.32. The SMILES string of the molecule is COC(=O)c1c(C)[nH]c(C(=O)[C@@H](C)N2CCC[C@@H]2c2cccs2)c1C. The second kappa shape index (κ2) is 7.14. The summed E-state index contributed by atoms with van der Waals surface area (Å²) >= 11 is 1.74. The Hall–Kier alpha value is -1.92. The number of carbonyl (C=O) groups is 2. The van der Waals surface area contributed by atoms with Crippen molar-refractivity contribution in [3.63, 3.8) is 0 Å². The number of aryl methyl sites for hydroxylation is 1. The number of aromatic nitrogens is 1. The second-order valence-corrected chi connectivity index (χ2v) is 7.55. The molecule has 1 N–H and O–H groups in total. The molecule has 0 saturated carbocycles. The quantitative estimate of drug-likeness (QED) is 0.649. The maximum Gasteiger partial charge on any atom is 0.339 e. The first kappa shape index (κ1) is 17.9. The van der Waals surface area contributed by atoms with Gasteiger partial charge in [-0.2, -0.15) is 0 Å². The summed E-state index contributed by atoms with van der Waals surface area (Å²) in [6.45, 7) is 6.47. The number of carbonyl (C=O) groups excluding carboxylic acids is 2. The van der Waals surface area contributed by atoms with Gasteiger partial charge in [0, 0.05) is 16.6 Å². The van der Waals surface area contributed by atoms with Crippen molar-refractivity contribution in [1.82, 2.24) is 9.88 Å². The molecule has 0 bridgehead atoms. The van der Waals surface area contributed by atoms with E-state index >= 15 is 0 Å². The summed E-state index contributed by atoms with van der Waals surface area (Å²) in [4.78, 5) is 31.8. The molecule has 0 aliphatic carbocycles. The molecule has 1 aliphatic rings. The van der Waals surface area contributed by atoms with Crippen molar-refractivity contribution >= 4 is 23.1 Å². The predicted octanol–water partition coefficient (Wildman–Crippen LogP) is 3.89. The minimum absolute atomic E-state index is 0.0270. The lowest BCUT2D eigenvalue weighted by atomic mass is 10.0. The maximum atomic E-state index is 13.1. The van der Waals surface area contributed by atoms with Crippen LogP contribution >= 0.6 is 11.3 Å². The zero-order valence-electron chi connectivity index (χ0n) is 15.1. The van der Waals surface area contributed by atoms with Crippen LogP contribution in [-0.4, -0.2) is 41.3 Å². The normalized spacial score (nSPS) is 19.1. The largest absolute Gasteiger partial charge is 0.465 e. The van der Waals surface area contributed by atoms with Gasteiger partial charge in [0.25, 0.3) is 0 Å². The van der Waals surface area contributed by atoms with Gasteiger partial charge in [0.15, 0.2) is 5.78 Å². The number of hydrogen-bond donors (Lipinski definition) is 1. The monoisotopic (exact) mass is 360 g/mol. The number of Topliss-reactive ketones (excluding diaryl/α,β-unsaturated/α-hetero) is 1. The summed E-state index contributed by atoms with van der Waals surface area (Å²) in [5.74, 6) is -0.380. The lowest BCUT2D eigenvalue weighted by Crippen LogP contribution is -2.38. The summed E-state index contributed by atoms with van der Waals surface area (Å²) in [5.41, 5.74) is 2.33. The van der Waals surface area contributed by atoms with E-state index < -0.39 is 5.97 Å². The first-order valence-electron chi connectivity index (χ1n) is 8.56. The molecule has 2 atom stereocenters. The van der Waals surface area contributed by atoms with E-state index in [-0.39, 0.29) is 11.8 Å². The van der Waals surface area contributed by atoms with Crippen LogP contribution in [0.4, 0.5) is 0 Å². The smallest absolute Gasteiger partial charge is 0.339 e. The van der Waals surface area contributed by atoms with E-state index in [2.05, 4.69) is 27.4 Å². The molecule has 3 heterocycles. The van der Waals surface area contributed by atoms with Crippen LogP contribution in [-0.2, 0) is 4.74 Å². The van der Waals surface area contributed by atoms with Gasteiger partial charge in [-0.15, -0.1) is 11.3 Å². The summed E-state index contributed by atoms with van der Waals surface area (Å²) in [6.07, 6.45) is 2.17. The zero-order valence-corrected chi connectivity index (χ0v) is 15.9. The molecule has 0 spiro atoms. The van der Waals surface area contributed by atoms with Crippen LogP contribution in [0.25, 0.3) is 0 Å². The standard InChI is InChI=1S/C19H24N2O3S/c1-11-16(19(23)24-4)12(2)20-17(11)18(22)13(3)21-9-5-7-14(21)15-8-6-10-25-15/h6,8,10,13-14,20H,5,7,9H2,1-4H3/t13-,14-/m1/s1. The average molecular weight is 360 g/mol. The molecule has 1 aliphatic heterocycles. The third-order valence-electron chi connectivity index (χ3n) is 5.12. The van der Waals surface area contributed by atoms with Gasteiger partial charge in [0.05, 0.1) is 24.4 Å². The molecule has 5 nitrogen and oxygen atoms in total. The molecule has 1 fully saturated rings. The molecule has 0 radical (unpaired) electrons. The van der Waals surface area contributed by atoms with Gasteiger partial charge in [-0.05, 0) is 57.2 Å². The van der Waals surface area contributed by atoms with E-state index in [9.17, 15) is 9.59 Å². The zero-order chi connectivity index (χ0) is 18.1. The van der Waals surface area contributed by atoms with Gasteiger partial charge >= 0.3 is 5.97 Å². The summed E-state index contributed by atoms with van der Waals surface area (Å²) in [7, 11) is 1.36. The number of ether oxygens (including phenoxy) is 1. The van der Waals surface area contributed by atoms with Crippen molar-refractivity contribution in [2.45, 2.75) is 45.7 Å². The van der Waals surface area contributed by atoms with E-state index in [1.54, 1.807) is 25.2 Å². The second-order valence-electron chi connectivity index (χ2n) is 6.57. The molecule has 2 aromatic rings. The first-order chi connectivity index (χ1) is 12.0. The number of thiophene rings is 1. The fourth-order valence-electron chi connectivity index (χ4n) is 3.80. The fraction of sp³-hybridized carbons (Fsp3) is 0.474. The lowest BCUT2D eigenvalue weighted by Gasteiger charge is -2.29. The Morgan fingerprint density at radius 3 is 2.80 bits per heavy atom. The van der Waals surface area contributed by atoms with Crippen LogP contribution in [0.3, 0.4) is 0 Å². The van der Waals surface area contributed by atoms with Crippen LogP contribution in [0.15, 0.2) is 17.5 Å². The number of rotatable bonds is 5. The van der Waals surface area contributed by atoms with E-state index in [1.165, 1.54) is 12.0 Å². The Kier molecular flexibility index (Phi) is 5.11. The number of nitrogens with one attached hydrogen (secondary N) is 1. The van der Waals surface area contributed by atoms with Gasteiger partial charge in [-0.3, -0.25) is 9.69 Å². The fourth-order valence-corrected chi connectivity index (χ4v) is 4.68. The minimum Gasteiger partial charge on any atom is -0.465 e. The molecule has 3 rings (SSSR count).